The molecular weight excluding hydrogens is 238 g/mol. The Kier molecular flexibility index (Phi) is 5.83. The average molecular weight is 263 g/mol. The molecule has 0 heterocycles. The number of hydrogen-bond acceptors (Lipinski definition) is 3. The van der Waals surface area contributed by atoms with E-state index in [1.807, 2.05) is 19.1 Å². The van der Waals surface area contributed by atoms with Gasteiger partial charge < -0.3 is 11.1 Å². The monoisotopic (exact) mass is 263 g/mol. The fourth-order valence-electron chi connectivity index (χ4n) is 2.04. The molecule has 19 heavy (non-hydrogen) atoms. The molecule has 106 valence electrons. The second-order valence-electron chi connectivity index (χ2n) is 5.34. The van der Waals surface area contributed by atoms with Gasteiger partial charge in [-0.05, 0) is 43.1 Å². The minimum Gasteiger partial charge on any atom is -0.399 e. The van der Waals surface area contributed by atoms with Crippen LogP contribution in [-0.2, 0) is 4.79 Å². The molecule has 1 amide bonds. The lowest BCUT2D eigenvalue weighted by Crippen LogP contribution is -2.35. The predicted molar refractivity (Wildman–Crippen MR) is 81.2 cm³/mol. The number of rotatable bonds is 6. The van der Waals surface area contributed by atoms with Crippen LogP contribution in [0.15, 0.2) is 18.2 Å². The number of nitrogens with one attached hydrogen (secondary N) is 1. The first-order valence-corrected chi connectivity index (χ1v) is 6.80. The van der Waals surface area contributed by atoms with E-state index in [1.54, 1.807) is 6.07 Å². The highest BCUT2D eigenvalue weighted by molar-refractivity contribution is 5.93. The molecule has 0 bridgehead atoms. The molecule has 0 saturated carbocycles. The first-order valence-electron chi connectivity index (χ1n) is 6.80. The lowest BCUT2D eigenvalue weighted by atomic mass is 10.1. The number of anilines is 2. The van der Waals surface area contributed by atoms with E-state index in [0.717, 1.165) is 24.3 Å². The van der Waals surface area contributed by atoms with Gasteiger partial charge in [-0.3, -0.25) is 9.69 Å². The van der Waals surface area contributed by atoms with Crippen LogP contribution in [0.4, 0.5) is 11.4 Å². The summed E-state index contributed by atoms with van der Waals surface area (Å²) in [5.74, 6) is 0.585. The summed E-state index contributed by atoms with van der Waals surface area (Å²) in [7, 11) is 0. The van der Waals surface area contributed by atoms with Gasteiger partial charge in [0, 0.05) is 17.9 Å². The molecule has 0 unspecified atom stereocenters. The highest BCUT2D eigenvalue weighted by atomic mass is 16.2. The van der Waals surface area contributed by atoms with Crippen molar-refractivity contribution < 1.29 is 4.79 Å². The van der Waals surface area contributed by atoms with Crippen LogP contribution < -0.4 is 11.1 Å². The largest absolute Gasteiger partial charge is 0.399 e. The van der Waals surface area contributed by atoms with Crippen LogP contribution in [0.1, 0.15) is 26.3 Å². The van der Waals surface area contributed by atoms with Crippen molar-refractivity contribution >= 4 is 17.3 Å². The van der Waals surface area contributed by atoms with Gasteiger partial charge in [-0.25, -0.2) is 0 Å². The molecule has 0 aliphatic rings. The lowest BCUT2D eigenvalue weighted by molar-refractivity contribution is -0.117. The maximum absolute atomic E-state index is 12.0. The first-order chi connectivity index (χ1) is 8.92. The van der Waals surface area contributed by atoms with Gasteiger partial charge in [-0.2, -0.15) is 0 Å². The summed E-state index contributed by atoms with van der Waals surface area (Å²) in [5.41, 5.74) is 8.23. The van der Waals surface area contributed by atoms with E-state index in [0.29, 0.717) is 18.2 Å². The van der Waals surface area contributed by atoms with Crippen LogP contribution in [0.3, 0.4) is 0 Å². The third-order valence-corrected chi connectivity index (χ3v) is 2.96. The van der Waals surface area contributed by atoms with Crippen molar-refractivity contribution in [2.75, 3.05) is 30.7 Å². The number of benzene rings is 1. The van der Waals surface area contributed by atoms with Gasteiger partial charge in [0.2, 0.25) is 5.91 Å². The number of likely N-dealkylation sites (N-methyl/N-ethyl adjacent to an activating group) is 1. The van der Waals surface area contributed by atoms with E-state index >= 15 is 0 Å². The summed E-state index contributed by atoms with van der Waals surface area (Å²) < 4.78 is 0. The molecule has 0 aliphatic carbocycles. The van der Waals surface area contributed by atoms with Gasteiger partial charge in [-0.1, -0.05) is 20.8 Å². The van der Waals surface area contributed by atoms with E-state index in [-0.39, 0.29) is 5.91 Å². The number of nitrogens with two attached hydrogens (primary N) is 1. The molecule has 4 nitrogen and oxygen atoms in total. The standard InChI is InChI=1S/C15H25N3O/c1-5-18(9-11(2)3)10-15(19)17-14-7-6-13(16)8-12(14)4/h6-8,11H,5,9-10,16H2,1-4H3,(H,17,19). The highest BCUT2D eigenvalue weighted by Crippen LogP contribution is 2.17. The Labute approximate surface area is 116 Å². The minimum atomic E-state index is 0.0235. The smallest absolute Gasteiger partial charge is 0.238 e. The third kappa shape index (κ3) is 5.30. The summed E-state index contributed by atoms with van der Waals surface area (Å²) in [5, 5.41) is 2.94. The summed E-state index contributed by atoms with van der Waals surface area (Å²) >= 11 is 0. The van der Waals surface area contributed by atoms with Crippen LogP contribution >= 0.6 is 0 Å². The molecule has 0 saturated heterocycles. The Bertz CT molecular complexity index is 429. The topological polar surface area (TPSA) is 58.4 Å². The Hall–Kier alpha value is -1.55. The normalized spacial score (nSPS) is 11.1. The van der Waals surface area contributed by atoms with Gasteiger partial charge >= 0.3 is 0 Å². The Balaban J connectivity index is 2.59. The molecule has 1 rings (SSSR count). The summed E-state index contributed by atoms with van der Waals surface area (Å²) in [6.07, 6.45) is 0. The van der Waals surface area contributed by atoms with E-state index in [2.05, 4.69) is 31.0 Å². The second-order valence-corrected chi connectivity index (χ2v) is 5.34. The quantitative estimate of drug-likeness (QED) is 0.775. The SMILES string of the molecule is CCN(CC(=O)Nc1ccc(N)cc1C)CC(C)C. The highest BCUT2D eigenvalue weighted by Gasteiger charge is 2.11. The predicted octanol–water partition coefficient (Wildman–Crippen LogP) is 2.49. The van der Waals surface area contributed by atoms with Crippen molar-refractivity contribution in [1.82, 2.24) is 4.90 Å². The molecule has 1 aromatic carbocycles. The maximum atomic E-state index is 12.0. The number of carbonyl (C=O) groups is 1. The minimum absolute atomic E-state index is 0.0235. The molecular formula is C15H25N3O. The Morgan fingerprint density at radius 3 is 2.63 bits per heavy atom. The van der Waals surface area contributed by atoms with Gasteiger partial charge in [0.25, 0.3) is 0 Å². The van der Waals surface area contributed by atoms with E-state index in [1.165, 1.54) is 0 Å². The zero-order valence-electron chi connectivity index (χ0n) is 12.4. The van der Waals surface area contributed by atoms with Crippen molar-refractivity contribution in [2.24, 2.45) is 5.92 Å². The van der Waals surface area contributed by atoms with Crippen LogP contribution in [-0.4, -0.2) is 30.4 Å². The maximum Gasteiger partial charge on any atom is 0.238 e. The molecule has 3 N–H and O–H groups in total. The Morgan fingerprint density at radius 1 is 1.42 bits per heavy atom. The zero-order valence-corrected chi connectivity index (χ0v) is 12.4. The number of nitrogen functional groups attached to an aromatic ring is 1. The zero-order chi connectivity index (χ0) is 14.4. The number of aryl methyl sites for hydroxylation is 1. The molecule has 0 aromatic heterocycles. The molecule has 4 heteroatoms. The molecule has 0 atom stereocenters. The van der Waals surface area contributed by atoms with Crippen molar-refractivity contribution in [3.63, 3.8) is 0 Å². The fourth-order valence-corrected chi connectivity index (χ4v) is 2.04. The summed E-state index contributed by atoms with van der Waals surface area (Å²) in [4.78, 5) is 14.2. The molecule has 1 aromatic rings. The number of hydrogen-bond donors (Lipinski definition) is 2. The van der Waals surface area contributed by atoms with Crippen LogP contribution in [0.25, 0.3) is 0 Å². The van der Waals surface area contributed by atoms with Crippen molar-refractivity contribution in [3.05, 3.63) is 23.8 Å². The summed E-state index contributed by atoms with van der Waals surface area (Å²) in [6, 6.07) is 5.51. The fraction of sp³-hybridized carbons (Fsp3) is 0.533. The second kappa shape index (κ2) is 7.14. The van der Waals surface area contributed by atoms with Gasteiger partial charge in [-0.15, -0.1) is 0 Å². The van der Waals surface area contributed by atoms with Crippen molar-refractivity contribution in [3.8, 4) is 0 Å². The van der Waals surface area contributed by atoms with Gasteiger partial charge in [0.15, 0.2) is 0 Å². The van der Waals surface area contributed by atoms with E-state index in [9.17, 15) is 4.79 Å². The number of amides is 1. The van der Waals surface area contributed by atoms with Gasteiger partial charge in [0.1, 0.15) is 0 Å². The number of carbonyl (C=O) groups excluding carboxylic acids is 1. The molecule has 0 radical (unpaired) electrons. The number of nitrogens with zero attached hydrogens (tertiary/aromatic N) is 1. The van der Waals surface area contributed by atoms with E-state index < -0.39 is 0 Å². The van der Waals surface area contributed by atoms with Crippen molar-refractivity contribution in [1.29, 1.82) is 0 Å². The van der Waals surface area contributed by atoms with Crippen LogP contribution in [0.5, 0.6) is 0 Å². The van der Waals surface area contributed by atoms with E-state index in [4.69, 9.17) is 5.73 Å². The first kappa shape index (κ1) is 15.5. The Morgan fingerprint density at radius 2 is 2.11 bits per heavy atom. The molecule has 0 spiro atoms. The third-order valence-electron chi connectivity index (χ3n) is 2.96. The van der Waals surface area contributed by atoms with Crippen LogP contribution in [0, 0.1) is 12.8 Å². The summed E-state index contributed by atoms with van der Waals surface area (Å²) in [6.45, 7) is 10.6. The van der Waals surface area contributed by atoms with Crippen molar-refractivity contribution in [2.45, 2.75) is 27.7 Å². The molecule has 0 fully saturated rings. The lowest BCUT2D eigenvalue weighted by Gasteiger charge is -2.22. The van der Waals surface area contributed by atoms with Gasteiger partial charge in [0.05, 0.1) is 6.54 Å². The van der Waals surface area contributed by atoms with Crippen LogP contribution in [0.2, 0.25) is 0 Å². The molecule has 0 aliphatic heterocycles. The average Bonchev–Trinajstić information content (AvgIpc) is 2.31.